The van der Waals surface area contributed by atoms with Crippen LogP contribution in [-0.4, -0.2) is 22.8 Å². The Morgan fingerprint density at radius 3 is 2.43 bits per heavy atom. The second kappa shape index (κ2) is 9.20. The monoisotopic (exact) mass is 464 g/mol. The zero-order valence-corrected chi connectivity index (χ0v) is 18.3. The molecule has 5 nitrogen and oxygen atoms in total. The third-order valence-electron chi connectivity index (χ3n) is 5.67. The Hall–Kier alpha value is -4.83. The first-order valence-corrected chi connectivity index (χ1v) is 10.8. The van der Waals surface area contributed by atoms with Gasteiger partial charge in [-0.05, 0) is 47.6 Å². The van der Waals surface area contributed by atoms with Crippen molar-refractivity contribution >= 4 is 22.9 Å². The number of hydrazone groups is 1. The lowest BCUT2D eigenvalue weighted by Crippen LogP contribution is -2.48. The minimum atomic E-state index is -0.749. The molecule has 2 aliphatic rings. The van der Waals surface area contributed by atoms with Crippen molar-refractivity contribution in [3.63, 3.8) is 0 Å². The summed E-state index contributed by atoms with van der Waals surface area (Å²) in [7, 11) is 0. The van der Waals surface area contributed by atoms with Gasteiger partial charge in [-0.2, -0.15) is 10.4 Å². The Labute approximate surface area is 200 Å². The van der Waals surface area contributed by atoms with Crippen LogP contribution in [0.2, 0.25) is 0 Å². The largest absolute Gasteiger partial charge is 0.360 e. The minimum absolute atomic E-state index is 0.195. The van der Waals surface area contributed by atoms with Crippen LogP contribution in [0.1, 0.15) is 22.3 Å². The summed E-state index contributed by atoms with van der Waals surface area (Å²) in [5.74, 6) is -1.75. The number of hydrogen-bond acceptors (Lipinski definition) is 4. The minimum Gasteiger partial charge on any atom is -0.360 e. The molecule has 7 heteroatoms. The highest BCUT2D eigenvalue weighted by Gasteiger charge is 2.29. The van der Waals surface area contributed by atoms with Gasteiger partial charge in [-0.15, -0.1) is 0 Å². The summed E-state index contributed by atoms with van der Waals surface area (Å²) in [6.07, 6.45) is 5.76. The summed E-state index contributed by atoms with van der Waals surface area (Å²) in [6.45, 7) is 0. The van der Waals surface area contributed by atoms with Crippen molar-refractivity contribution in [2.24, 2.45) is 5.10 Å². The van der Waals surface area contributed by atoms with Gasteiger partial charge in [0.1, 0.15) is 17.8 Å². The van der Waals surface area contributed by atoms with Crippen molar-refractivity contribution < 1.29 is 13.6 Å². The summed E-state index contributed by atoms with van der Waals surface area (Å²) >= 11 is 0. The molecule has 1 N–H and O–H groups in total. The fraction of sp³-hybridized carbons (Fsp3) is 0.0357. The summed E-state index contributed by atoms with van der Waals surface area (Å²) in [6, 6.07) is 21.6. The number of nitrogens with one attached hydrogen (secondary N) is 1. The molecule has 35 heavy (non-hydrogen) atoms. The molecule has 0 saturated carbocycles. The molecule has 2 aliphatic heterocycles. The van der Waals surface area contributed by atoms with Crippen molar-refractivity contribution in [2.45, 2.75) is 6.17 Å². The second-order valence-electron chi connectivity index (χ2n) is 7.95. The molecule has 0 spiro atoms. The number of carbonyl (C=O) groups excluding carboxylic acids is 1. The van der Waals surface area contributed by atoms with E-state index in [1.54, 1.807) is 42.5 Å². The Kier molecular flexibility index (Phi) is 5.78. The lowest BCUT2D eigenvalue weighted by Gasteiger charge is -2.33. The van der Waals surface area contributed by atoms with Crippen molar-refractivity contribution in [1.29, 1.82) is 5.26 Å². The van der Waals surface area contributed by atoms with E-state index in [2.05, 4.69) is 16.5 Å². The summed E-state index contributed by atoms with van der Waals surface area (Å²) in [5.41, 5.74) is 3.69. The molecule has 1 atom stereocenters. The van der Waals surface area contributed by atoms with Crippen LogP contribution in [0.3, 0.4) is 0 Å². The predicted molar refractivity (Wildman–Crippen MR) is 129 cm³/mol. The number of nitriles is 1. The molecule has 170 valence electrons. The fourth-order valence-electron chi connectivity index (χ4n) is 3.91. The third-order valence-corrected chi connectivity index (χ3v) is 5.67. The molecule has 0 radical (unpaired) electrons. The highest BCUT2D eigenvalue weighted by molar-refractivity contribution is 6.11. The van der Waals surface area contributed by atoms with Crippen LogP contribution < -0.4 is 5.32 Å². The van der Waals surface area contributed by atoms with Gasteiger partial charge in [-0.3, -0.25) is 4.79 Å². The van der Waals surface area contributed by atoms with Crippen LogP contribution in [0.4, 0.5) is 8.78 Å². The molecule has 0 fully saturated rings. The molecule has 3 aromatic carbocycles. The molecular formula is C28H18F2N4O. The van der Waals surface area contributed by atoms with E-state index in [1.165, 1.54) is 23.2 Å². The number of nitrogens with zero attached hydrogens (tertiary/aromatic N) is 3. The number of halogens is 2. The Bertz CT molecular complexity index is 1470. The van der Waals surface area contributed by atoms with Gasteiger partial charge < -0.3 is 5.32 Å². The highest BCUT2D eigenvalue weighted by Crippen LogP contribution is 2.27. The number of rotatable bonds is 3. The average molecular weight is 464 g/mol. The topological polar surface area (TPSA) is 68.5 Å². The first-order chi connectivity index (χ1) is 17.0. The van der Waals surface area contributed by atoms with E-state index in [1.807, 2.05) is 30.3 Å². The van der Waals surface area contributed by atoms with Crippen LogP contribution in [0.25, 0.3) is 11.3 Å². The molecule has 0 aromatic heterocycles. The number of carbonyl (C=O) groups is 1. The second-order valence-corrected chi connectivity index (χ2v) is 7.95. The Balaban J connectivity index is 1.62. The van der Waals surface area contributed by atoms with E-state index in [-0.39, 0.29) is 11.5 Å². The fourth-order valence-corrected chi connectivity index (χ4v) is 3.91. The Morgan fingerprint density at radius 2 is 1.71 bits per heavy atom. The van der Waals surface area contributed by atoms with Gasteiger partial charge in [-0.25, -0.2) is 13.8 Å². The summed E-state index contributed by atoms with van der Waals surface area (Å²) in [4.78, 5) is 13.2. The third kappa shape index (κ3) is 4.50. The highest BCUT2D eigenvalue weighted by atomic mass is 19.1. The van der Waals surface area contributed by atoms with E-state index in [0.717, 1.165) is 11.6 Å². The maximum atomic E-state index is 14.7. The Morgan fingerprint density at radius 1 is 0.943 bits per heavy atom. The zero-order chi connectivity index (χ0) is 24.4. The van der Waals surface area contributed by atoms with Crippen molar-refractivity contribution in [3.05, 3.63) is 131 Å². The lowest BCUT2D eigenvalue weighted by molar-refractivity contribution is -0.128. The zero-order valence-electron chi connectivity index (χ0n) is 18.3. The first kappa shape index (κ1) is 22.0. The van der Waals surface area contributed by atoms with Gasteiger partial charge in [0.25, 0.3) is 5.91 Å². The molecule has 0 aliphatic carbocycles. The van der Waals surface area contributed by atoms with Gasteiger partial charge in [0.15, 0.2) is 0 Å². The summed E-state index contributed by atoms with van der Waals surface area (Å²) in [5, 5.41) is 18.2. The van der Waals surface area contributed by atoms with Gasteiger partial charge in [-0.1, -0.05) is 48.5 Å². The van der Waals surface area contributed by atoms with Crippen LogP contribution in [0, 0.1) is 23.0 Å². The van der Waals surface area contributed by atoms with Crippen LogP contribution >= 0.6 is 0 Å². The van der Waals surface area contributed by atoms with E-state index >= 15 is 0 Å². The quantitative estimate of drug-likeness (QED) is 0.594. The molecule has 0 bridgehead atoms. The van der Waals surface area contributed by atoms with E-state index in [4.69, 9.17) is 5.26 Å². The van der Waals surface area contributed by atoms with E-state index in [0.29, 0.717) is 28.1 Å². The predicted octanol–water partition coefficient (Wildman–Crippen LogP) is 4.99. The van der Waals surface area contributed by atoms with Crippen LogP contribution in [-0.2, 0) is 4.79 Å². The van der Waals surface area contributed by atoms with Gasteiger partial charge in [0, 0.05) is 29.0 Å². The number of fused-ring (bicyclic) bond motifs is 1. The molecular weight excluding hydrogens is 446 g/mol. The van der Waals surface area contributed by atoms with E-state index < -0.39 is 17.8 Å². The number of allylic oxidation sites excluding steroid dienone is 3. The summed E-state index contributed by atoms with van der Waals surface area (Å²) < 4.78 is 28.3. The van der Waals surface area contributed by atoms with Crippen LogP contribution in [0.5, 0.6) is 0 Å². The number of hydrogen-bond donors (Lipinski definition) is 1. The number of amides is 1. The van der Waals surface area contributed by atoms with Gasteiger partial charge >= 0.3 is 0 Å². The van der Waals surface area contributed by atoms with Gasteiger partial charge in [0.2, 0.25) is 0 Å². The maximum absolute atomic E-state index is 14.7. The molecule has 2 heterocycles. The molecule has 1 unspecified atom stereocenters. The smallest absolute Gasteiger partial charge is 0.271 e. The maximum Gasteiger partial charge on any atom is 0.271 e. The number of benzene rings is 3. The SMILES string of the molecule is N#Cc1ccc(C2=CC(=O)N3/N=C(c4ccccc4)\C=C/C(c4ccc(F)cc4F)=CC3N2)cc1. The normalized spacial score (nSPS) is 19.6. The molecule has 0 saturated heterocycles. The molecule has 3 aromatic rings. The van der Waals surface area contributed by atoms with E-state index in [9.17, 15) is 13.6 Å². The van der Waals surface area contributed by atoms with Gasteiger partial charge in [0.05, 0.1) is 17.3 Å². The standard InChI is InChI=1S/C28H18F2N4O/c29-22-11-12-23(24(30)15-22)21-10-13-25(19-4-2-1-3-5-19)33-34-27(14-21)32-26(16-28(34)35)20-8-6-18(17-31)7-9-20/h1-16,27,32H/b13-10-,21-14?,33-25+. The van der Waals surface area contributed by atoms with Crippen LogP contribution in [0.15, 0.2) is 102 Å². The lowest BCUT2D eigenvalue weighted by atomic mass is 10.00. The molecule has 5 rings (SSSR count). The average Bonchev–Trinajstić information content (AvgIpc) is 2.86. The van der Waals surface area contributed by atoms with Crippen molar-refractivity contribution in [1.82, 2.24) is 10.3 Å². The molecule has 1 amide bonds. The van der Waals surface area contributed by atoms with Crippen molar-refractivity contribution in [2.75, 3.05) is 0 Å². The first-order valence-electron chi connectivity index (χ1n) is 10.8. The van der Waals surface area contributed by atoms with Crippen molar-refractivity contribution in [3.8, 4) is 6.07 Å².